The first kappa shape index (κ1) is 16.9. The Morgan fingerprint density at radius 3 is 3.00 bits per heavy atom. The van der Waals surface area contributed by atoms with Gasteiger partial charge in [-0.05, 0) is 37.6 Å². The highest BCUT2D eigenvalue weighted by Crippen LogP contribution is 2.29. The van der Waals surface area contributed by atoms with Crippen molar-refractivity contribution in [1.82, 2.24) is 19.7 Å². The van der Waals surface area contributed by atoms with Gasteiger partial charge >= 0.3 is 0 Å². The number of hydrogen-bond acceptors (Lipinski definition) is 6. The number of fused-ring (bicyclic) bond motifs is 2. The zero-order valence-corrected chi connectivity index (χ0v) is 15.2. The van der Waals surface area contributed by atoms with Crippen LogP contribution in [0.5, 0.6) is 0 Å². The molecule has 0 bridgehead atoms. The van der Waals surface area contributed by atoms with Crippen molar-refractivity contribution in [3.8, 4) is 0 Å². The second-order valence-corrected chi connectivity index (χ2v) is 7.22. The maximum absolute atomic E-state index is 11.0. The van der Waals surface area contributed by atoms with E-state index < -0.39 is 0 Å². The number of piperidine rings is 1. The number of oxazole rings is 1. The van der Waals surface area contributed by atoms with Crippen LogP contribution in [0.3, 0.4) is 0 Å². The second-order valence-electron chi connectivity index (χ2n) is 7.22. The number of benzene rings is 2. The van der Waals surface area contributed by atoms with Crippen LogP contribution in [-0.4, -0.2) is 37.7 Å². The van der Waals surface area contributed by atoms with Crippen LogP contribution in [0, 0.1) is 10.1 Å². The summed E-state index contributed by atoms with van der Waals surface area (Å²) < 4.78 is 7.87. The van der Waals surface area contributed by atoms with Crippen molar-refractivity contribution in [3.63, 3.8) is 0 Å². The molecule has 0 amide bonds. The molecule has 0 spiro atoms. The molecule has 1 aliphatic heterocycles. The van der Waals surface area contributed by atoms with E-state index >= 15 is 0 Å². The van der Waals surface area contributed by atoms with E-state index in [1.165, 1.54) is 6.07 Å². The SMILES string of the molecule is O=[N+]([O-])c1ccc2c(cnn2CN2CCCC(c3nc4ccccc4o3)C2)c1. The van der Waals surface area contributed by atoms with Crippen LogP contribution in [0.15, 0.2) is 53.1 Å². The molecule has 8 heteroatoms. The molecule has 3 heterocycles. The number of nitrogens with zero attached hydrogens (tertiary/aromatic N) is 5. The average Bonchev–Trinajstić information content (AvgIpc) is 3.32. The van der Waals surface area contributed by atoms with E-state index in [0.29, 0.717) is 6.67 Å². The third kappa shape index (κ3) is 3.01. The quantitative estimate of drug-likeness (QED) is 0.395. The first-order chi connectivity index (χ1) is 13.7. The molecule has 1 atom stereocenters. The van der Waals surface area contributed by atoms with Gasteiger partial charge in [-0.3, -0.25) is 19.7 Å². The summed E-state index contributed by atoms with van der Waals surface area (Å²) in [6.45, 7) is 2.46. The van der Waals surface area contributed by atoms with Gasteiger partial charge in [0, 0.05) is 30.0 Å². The molecule has 1 fully saturated rings. The summed E-state index contributed by atoms with van der Waals surface area (Å²) in [5.74, 6) is 1.05. The van der Waals surface area contributed by atoms with Gasteiger partial charge in [0.1, 0.15) is 5.52 Å². The van der Waals surface area contributed by atoms with Gasteiger partial charge in [0.25, 0.3) is 5.69 Å². The van der Waals surface area contributed by atoms with Crippen molar-refractivity contribution in [1.29, 1.82) is 0 Å². The summed E-state index contributed by atoms with van der Waals surface area (Å²) in [6.07, 6.45) is 3.80. The molecule has 1 unspecified atom stereocenters. The molecule has 2 aromatic heterocycles. The van der Waals surface area contributed by atoms with E-state index in [4.69, 9.17) is 4.42 Å². The Bertz CT molecular complexity index is 1130. The molecule has 5 rings (SSSR count). The Kier molecular flexibility index (Phi) is 4.05. The topological polar surface area (TPSA) is 90.2 Å². The van der Waals surface area contributed by atoms with Crippen molar-refractivity contribution < 1.29 is 9.34 Å². The number of non-ortho nitro benzene ring substituents is 1. The normalized spacial score (nSPS) is 18.1. The molecular weight excluding hydrogens is 358 g/mol. The number of nitro groups is 1. The van der Waals surface area contributed by atoms with E-state index in [-0.39, 0.29) is 16.5 Å². The van der Waals surface area contributed by atoms with Crippen molar-refractivity contribution in [2.75, 3.05) is 13.1 Å². The summed E-state index contributed by atoms with van der Waals surface area (Å²) in [6, 6.07) is 12.7. The van der Waals surface area contributed by atoms with Gasteiger partial charge in [-0.25, -0.2) is 4.98 Å². The fourth-order valence-electron chi connectivity index (χ4n) is 3.94. The highest BCUT2D eigenvalue weighted by Gasteiger charge is 2.26. The first-order valence-electron chi connectivity index (χ1n) is 9.35. The lowest BCUT2D eigenvalue weighted by Crippen LogP contribution is -2.36. The van der Waals surface area contributed by atoms with Gasteiger partial charge in [0.05, 0.1) is 23.3 Å². The molecule has 142 valence electrons. The van der Waals surface area contributed by atoms with Crippen LogP contribution in [0.25, 0.3) is 22.0 Å². The lowest BCUT2D eigenvalue weighted by molar-refractivity contribution is -0.384. The summed E-state index contributed by atoms with van der Waals surface area (Å²) in [5, 5.41) is 16.2. The Hall–Kier alpha value is -3.26. The highest BCUT2D eigenvalue weighted by molar-refractivity contribution is 5.81. The van der Waals surface area contributed by atoms with Gasteiger partial charge < -0.3 is 4.42 Å². The molecule has 0 radical (unpaired) electrons. The van der Waals surface area contributed by atoms with E-state index in [2.05, 4.69) is 15.0 Å². The number of nitro benzene ring substituents is 1. The minimum atomic E-state index is -0.383. The zero-order valence-electron chi connectivity index (χ0n) is 15.2. The average molecular weight is 377 g/mol. The van der Waals surface area contributed by atoms with Crippen molar-refractivity contribution >= 4 is 27.7 Å². The number of hydrogen-bond donors (Lipinski definition) is 0. The monoisotopic (exact) mass is 377 g/mol. The molecule has 0 aliphatic carbocycles. The molecule has 1 saturated heterocycles. The van der Waals surface area contributed by atoms with E-state index in [0.717, 1.165) is 53.8 Å². The fraction of sp³-hybridized carbons (Fsp3) is 0.300. The highest BCUT2D eigenvalue weighted by atomic mass is 16.6. The van der Waals surface area contributed by atoms with Gasteiger partial charge in [-0.15, -0.1) is 0 Å². The number of likely N-dealkylation sites (tertiary alicyclic amines) is 1. The van der Waals surface area contributed by atoms with E-state index in [9.17, 15) is 10.1 Å². The largest absolute Gasteiger partial charge is 0.440 e. The third-order valence-corrected chi connectivity index (χ3v) is 5.34. The van der Waals surface area contributed by atoms with Gasteiger partial charge in [0.15, 0.2) is 11.5 Å². The fourth-order valence-corrected chi connectivity index (χ4v) is 3.94. The Morgan fingerprint density at radius 2 is 2.14 bits per heavy atom. The number of rotatable bonds is 4. The lowest BCUT2D eigenvalue weighted by atomic mass is 9.98. The minimum Gasteiger partial charge on any atom is -0.440 e. The van der Waals surface area contributed by atoms with Crippen LogP contribution >= 0.6 is 0 Å². The third-order valence-electron chi connectivity index (χ3n) is 5.34. The standard InChI is InChI=1S/C20H19N5O3/c26-25(27)16-7-8-18-15(10-16)11-21-24(18)13-23-9-3-4-14(12-23)20-22-17-5-1-2-6-19(17)28-20/h1-2,5-8,10-11,14H,3-4,9,12-13H2. The van der Waals surface area contributed by atoms with Crippen LogP contribution < -0.4 is 0 Å². The molecule has 0 N–H and O–H groups in total. The lowest BCUT2D eigenvalue weighted by Gasteiger charge is -2.31. The molecule has 0 saturated carbocycles. The van der Waals surface area contributed by atoms with Crippen LogP contribution in [0.1, 0.15) is 24.7 Å². The summed E-state index contributed by atoms with van der Waals surface area (Å²) in [4.78, 5) is 17.6. The van der Waals surface area contributed by atoms with E-state index in [1.807, 2.05) is 28.9 Å². The Morgan fingerprint density at radius 1 is 1.25 bits per heavy atom. The maximum atomic E-state index is 11.0. The molecule has 1 aliphatic rings. The van der Waals surface area contributed by atoms with Gasteiger partial charge in [-0.1, -0.05) is 12.1 Å². The number of aromatic nitrogens is 3. The minimum absolute atomic E-state index is 0.0843. The smallest absolute Gasteiger partial charge is 0.270 e. The molecular formula is C20H19N5O3. The zero-order chi connectivity index (χ0) is 19.1. The summed E-state index contributed by atoms with van der Waals surface area (Å²) >= 11 is 0. The first-order valence-corrected chi connectivity index (χ1v) is 9.35. The molecule has 8 nitrogen and oxygen atoms in total. The Balaban J connectivity index is 1.35. The maximum Gasteiger partial charge on any atom is 0.270 e. The van der Waals surface area contributed by atoms with Gasteiger partial charge in [0.2, 0.25) is 0 Å². The molecule has 28 heavy (non-hydrogen) atoms. The van der Waals surface area contributed by atoms with Crippen LogP contribution in [0.4, 0.5) is 5.69 Å². The summed E-state index contributed by atoms with van der Waals surface area (Å²) in [5.41, 5.74) is 2.71. The van der Waals surface area contributed by atoms with Crippen LogP contribution in [-0.2, 0) is 6.67 Å². The van der Waals surface area contributed by atoms with Gasteiger partial charge in [-0.2, -0.15) is 5.10 Å². The van der Waals surface area contributed by atoms with Crippen molar-refractivity contribution in [2.24, 2.45) is 0 Å². The molecule has 2 aromatic carbocycles. The Labute approximate surface area is 160 Å². The van der Waals surface area contributed by atoms with E-state index in [1.54, 1.807) is 18.3 Å². The molecule has 4 aromatic rings. The van der Waals surface area contributed by atoms with Crippen LogP contribution in [0.2, 0.25) is 0 Å². The number of para-hydroxylation sites is 2. The predicted octanol–water partition coefficient (Wildman–Crippen LogP) is 3.92. The van der Waals surface area contributed by atoms with Crippen molar-refractivity contribution in [3.05, 3.63) is 64.7 Å². The predicted molar refractivity (Wildman–Crippen MR) is 104 cm³/mol. The summed E-state index contributed by atoms with van der Waals surface area (Å²) in [7, 11) is 0. The second kappa shape index (κ2) is 6.72. The van der Waals surface area contributed by atoms with Crippen molar-refractivity contribution in [2.45, 2.75) is 25.4 Å².